The van der Waals surface area contributed by atoms with Crippen molar-refractivity contribution >= 4 is 33.3 Å². The van der Waals surface area contributed by atoms with E-state index >= 15 is 0 Å². The molecule has 2 fully saturated rings. The fraction of sp³-hybridized carbons (Fsp3) is 0.323. The Hall–Kier alpha value is -4.40. The highest BCUT2D eigenvalue weighted by atomic mass is 32.2. The highest BCUT2D eigenvalue weighted by molar-refractivity contribution is 7.89. The highest BCUT2D eigenvalue weighted by Crippen LogP contribution is 2.27. The molecule has 2 heterocycles. The number of benzene rings is 3. The summed E-state index contributed by atoms with van der Waals surface area (Å²) in [5.74, 6) is -1.78. The van der Waals surface area contributed by atoms with Gasteiger partial charge in [-0.1, -0.05) is 30.3 Å². The topological polar surface area (TPSA) is 134 Å². The number of carbonyl (C=O) groups is 2. The first kappa shape index (κ1) is 29.1. The number of carboxylic acids is 1. The number of hydrogen-bond acceptors (Lipinski definition) is 7. The van der Waals surface area contributed by atoms with Crippen LogP contribution in [0.2, 0.25) is 0 Å². The molecule has 1 amide bonds. The molecule has 218 valence electrons. The van der Waals surface area contributed by atoms with Crippen LogP contribution in [0, 0.1) is 11.3 Å². The minimum Gasteiger partial charge on any atom is -0.480 e. The van der Waals surface area contributed by atoms with Gasteiger partial charge in [0.1, 0.15) is 12.1 Å². The molecule has 2 aliphatic rings. The third kappa shape index (κ3) is 6.40. The van der Waals surface area contributed by atoms with Gasteiger partial charge in [-0.15, -0.1) is 0 Å². The summed E-state index contributed by atoms with van der Waals surface area (Å²) >= 11 is 0. The molecular formula is C31H33N5O5S. The van der Waals surface area contributed by atoms with Crippen LogP contribution in [0.25, 0.3) is 0 Å². The first-order valence-corrected chi connectivity index (χ1v) is 15.4. The van der Waals surface area contributed by atoms with Gasteiger partial charge in [0.15, 0.2) is 0 Å². The van der Waals surface area contributed by atoms with Gasteiger partial charge in [0.25, 0.3) is 0 Å². The fourth-order valence-corrected chi connectivity index (χ4v) is 7.21. The number of nitriles is 1. The number of piperazine rings is 1. The number of carboxylic acid groups (broad SMARTS) is 1. The fourth-order valence-electron chi connectivity index (χ4n) is 5.53. The summed E-state index contributed by atoms with van der Waals surface area (Å²) in [5, 5.41) is 21.5. The number of carbonyl (C=O) groups excluding carboxylic acids is 1. The van der Waals surface area contributed by atoms with Gasteiger partial charge in [0, 0.05) is 50.5 Å². The molecule has 3 aromatic carbocycles. The second-order valence-corrected chi connectivity index (χ2v) is 12.4. The van der Waals surface area contributed by atoms with Crippen molar-refractivity contribution in [2.75, 3.05) is 42.5 Å². The highest BCUT2D eigenvalue weighted by Gasteiger charge is 2.40. The molecule has 11 heteroatoms. The maximum Gasteiger partial charge on any atom is 0.326 e. The Bertz CT molecular complexity index is 1550. The lowest BCUT2D eigenvalue weighted by Gasteiger charge is -2.37. The Morgan fingerprint density at radius 3 is 2.00 bits per heavy atom. The lowest BCUT2D eigenvalue weighted by atomic mass is 10.0. The maximum atomic E-state index is 13.2. The lowest BCUT2D eigenvalue weighted by Crippen LogP contribution is -2.51. The summed E-state index contributed by atoms with van der Waals surface area (Å²) in [4.78, 5) is 29.9. The molecule has 42 heavy (non-hydrogen) atoms. The average molecular weight is 588 g/mol. The predicted molar refractivity (Wildman–Crippen MR) is 159 cm³/mol. The first-order valence-electron chi connectivity index (χ1n) is 14.0. The summed E-state index contributed by atoms with van der Waals surface area (Å²) in [6.45, 7) is 3.50. The average Bonchev–Trinajstić information content (AvgIpc) is 3.53. The monoisotopic (exact) mass is 587 g/mol. The number of nitrogens with one attached hydrogen (secondary N) is 1. The van der Waals surface area contributed by atoms with E-state index < -0.39 is 34.0 Å². The molecule has 5 rings (SSSR count). The van der Waals surface area contributed by atoms with E-state index in [9.17, 15) is 23.1 Å². The number of sulfonamides is 1. The smallest absolute Gasteiger partial charge is 0.326 e. The SMILES string of the molecule is N#Cc1ccc(N2CCN(c3ccc(C[C@H](NC(=O)[C@@H]4CCCN4S(=O)(=O)c4ccccc4)C(=O)O)cc3)CC2)cc1. The number of aliphatic carboxylic acids is 1. The van der Waals surface area contributed by atoms with E-state index in [1.165, 1.54) is 16.4 Å². The van der Waals surface area contributed by atoms with Crippen molar-refractivity contribution in [2.45, 2.75) is 36.2 Å². The number of hydrogen-bond donors (Lipinski definition) is 2. The van der Waals surface area contributed by atoms with Crippen molar-refractivity contribution in [3.8, 4) is 6.07 Å². The van der Waals surface area contributed by atoms with E-state index in [4.69, 9.17) is 5.26 Å². The summed E-state index contributed by atoms with van der Waals surface area (Å²) in [7, 11) is -3.88. The standard InChI is InChI=1S/C31H33N5O5S/c32-22-24-10-14-26(15-11-24)35-19-17-34(18-20-35)25-12-8-23(9-13-25)21-28(31(38)39)33-30(37)29-7-4-16-36(29)42(40,41)27-5-2-1-3-6-27/h1-3,5-6,8-15,28-29H,4,7,16-21H2,(H,33,37)(H,38,39)/t28-,29-/m0/s1. The van der Waals surface area contributed by atoms with Crippen LogP contribution in [0.5, 0.6) is 0 Å². The molecule has 0 spiro atoms. The van der Waals surface area contributed by atoms with Gasteiger partial charge in [-0.05, 0) is 66.9 Å². The molecule has 2 saturated heterocycles. The van der Waals surface area contributed by atoms with Gasteiger partial charge < -0.3 is 20.2 Å². The largest absolute Gasteiger partial charge is 0.480 e. The molecule has 3 aromatic rings. The molecule has 10 nitrogen and oxygen atoms in total. The first-order chi connectivity index (χ1) is 20.3. The van der Waals surface area contributed by atoms with Gasteiger partial charge >= 0.3 is 5.97 Å². The van der Waals surface area contributed by atoms with Crippen molar-refractivity contribution in [2.24, 2.45) is 0 Å². The molecular weight excluding hydrogens is 554 g/mol. The Labute approximate surface area is 245 Å². The van der Waals surface area contributed by atoms with Crippen LogP contribution in [0.15, 0.2) is 83.8 Å². The van der Waals surface area contributed by atoms with Crippen molar-refractivity contribution < 1.29 is 23.1 Å². The molecule has 2 aliphatic heterocycles. The zero-order valence-electron chi connectivity index (χ0n) is 23.1. The zero-order chi connectivity index (χ0) is 29.7. The van der Waals surface area contributed by atoms with Crippen LogP contribution in [0.1, 0.15) is 24.0 Å². The lowest BCUT2D eigenvalue weighted by molar-refractivity contribution is -0.142. The Balaban J connectivity index is 1.18. The van der Waals surface area contributed by atoms with Crippen molar-refractivity contribution in [1.82, 2.24) is 9.62 Å². The van der Waals surface area contributed by atoms with Crippen molar-refractivity contribution in [3.63, 3.8) is 0 Å². The minimum absolute atomic E-state index is 0.0754. The maximum absolute atomic E-state index is 13.2. The normalized spacial score (nSPS) is 18.3. The molecule has 2 atom stereocenters. The summed E-state index contributed by atoms with van der Waals surface area (Å²) in [6.07, 6.45) is 0.925. The van der Waals surface area contributed by atoms with E-state index in [2.05, 4.69) is 21.2 Å². The molecule has 0 aliphatic carbocycles. The summed E-state index contributed by atoms with van der Waals surface area (Å²) in [6, 6.07) is 23.2. The molecule has 0 aromatic heterocycles. The molecule has 0 unspecified atom stereocenters. The third-order valence-corrected chi connectivity index (χ3v) is 9.78. The van der Waals surface area contributed by atoms with Gasteiger partial charge in [-0.2, -0.15) is 9.57 Å². The van der Waals surface area contributed by atoms with Crippen molar-refractivity contribution in [1.29, 1.82) is 5.26 Å². The van der Waals surface area contributed by atoms with Crippen LogP contribution < -0.4 is 15.1 Å². The molecule has 0 radical (unpaired) electrons. The van der Waals surface area contributed by atoms with E-state index in [0.29, 0.717) is 18.4 Å². The van der Waals surface area contributed by atoms with E-state index in [-0.39, 0.29) is 17.9 Å². The third-order valence-electron chi connectivity index (χ3n) is 7.85. The van der Waals surface area contributed by atoms with Crippen LogP contribution in [0.3, 0.4) is 0 Å². The predicted octanol–water partition coefficient (Wildman–Crippen LogP) is 2.85. The van der Waals surface area contributed by atoms with Crippen LogP contribution >= 0.6 is 0 Å². The second-order valence-electron chi connectivity index (χ2n) is 10.5. The van der Waals surface area contributed by atoms with Gasteiger partial charge in [-0.3, -0.25) is 4.79 Å². The second kappa shape index (κ2) is 12.6. The van der Waals surface area contributed by atoms with E-state index in [0.717, 1.165) is 43.1 Å². The van der Waals surface area contributed by atoms with Gasteiger partial charge in [0.2, 0.25) is 15.9 Å². The quantitative estimate of drug-likeness (QED) is 0.391. The summed E-state index contributed by atoms with van der Waals surface area (Å²) < 4.78 is 27.5. The van der Waals surface area contributed by atoms with Crippen molar-refractivity contribution in [3.05, 3.63) is 90.0 Å². The number of rotatable bonds is 9. The van der Waals surface area contributed by atoms with Gasteiger partial charge in [0.05, 0.1) is 16.5 Å². The minimum atomic E-state index is -3.88. The number of nitrogens with zero attached hydrogens (tertiary/aromatic N) is 4. The van der Waals surface area contributed by atoms with E-state index in [1.54, 1.807) is 18.2 Å². The molecule has 0 saturated carbocycles. The number of anilines is 2. The van der Waals surface area contributed by atoms with Gasteiger partial charge in [-0.25, -0.2) is 13.2 Å². The Morgan fingerprint density at radius 1 is 0.881 bits per heavy atom. The number of amides is 1. The van der Waals surface area contributed by atoms with Crippen LogP contribution in [0.4, 0.5) is 11.4 Å². The van der Waals surface area contributed by atoms with Crippen LogP contribution in [-0.4, -0.2) is 74.5 Å². The van der Waals surface area contributed by atoms with Crippen LogP contribution in [-0.2, 0) is 26.0 Å². The summed E-state index contributed by atoms with van der Waals surface area (Å²) in [5.41, 5.74) is 3.51. The molecule has 2 N–H and O–H groups in total. The molecule has 0 bridgehead atoms. The zero-order valence-corrected chi connectivity index (χ0v) is 23.9. The van der Waals surface area contributed by atoms with E-state index in [1.807, 2.05) is 48.5 Å². The Kier molecular flexibility index (Phi) is 8.75. The Morgan fingerprint density at radius 2 is 1.45 bits per heavy atom.